The number of aliphatic hydroxyl groups is 1. The van der Waals surface area contributed by atoms with E-state index in [-0.39, 0.29) is 68.2 Å². The standard InChI is InChI=1S/C73H138N2O22S/c1-3-5-7-9-11-13-15-17-19-21-23-25-27-31-71(81)96-39-36-66(97-72(82)32-28-26-24-22-20-18-16-14-12-10-8-6-4-2)63-98-64-67(74)73(83)75-68(62-76)69(78)30-29-37-84-40-42-86-44-46-88-48-50-90-52-54-92-56-58-94-60-61-95-59-57-93-55-53-91-51-49-89-47-45-87-43-41-85-38-35-65(77)33-34-70(79)80/h66-68,76H,3-64,74H2,1-2H3,(H,75,83)(H,79,80)/t66-,67+,68+/m1/s1. The number of hydrogen-bond acceptors (Lipinski definition) is 23. The van der Waals surface area contributed by atoms with Crippen LogP contribution in [0.3, 0.4) is 0 Å². The molecule has 0 aliphatic heterocycles. The summed E-state index contributed by atoms with van der Waals surface area (Å²) in [4.78, 5) is 73.6. The monoisotopic (exact) mass is 1430 g/mol. The number of nitrogens with one attached hydrogen (secondary N) is 1. The van der Waals surface area contributed by atoms with Gasteiger partial charge >= 0.3 is 17.9 Å². The van der Waals surface area contributed by atoms with Crippen molar-refractivity contribution in [3.63, 3.8) is 0 Å². The van der Waals surface area contributed by atoms with Crippen molar-refractivity contribution in [1.29, 1.82) is 0 Å². The van der Waals surface area contributed by atoms with E-state index < -0.39 is 36.7 Å². The summed E-state index contributed by atoms with van der Waals surface area (Å²) < 4.78 is 77.5. The molecule has 0 heterocycles. The number of unbranched alkanes of at least 4 members (excludes halogenated alkanes) is 24. The molecular weight excluding hydrogens is 1290 g/mol. The molecule has 0 unspecified atom stereocenters. The van der Waals surface area contributed by atoms with Crippen molar-refractivity contribution in [2.45, 2.75) is 250 Å². The highest BCUT2D eigenvalue weighted by molar-refractivity contribution is 7.99. The number of aliphatic carboxylic acids is 1. The zero-order valence-corrected chi connectivity index (χ0v) is 61.9. The van der Waals surface area contributed by atoms with Crippen LogP contribution in [-0.4, -0.2) is 247 Å². The molecule has 1 amide bonds. The van der Waals surface area contributed by atoms with Crippen LogP contribution >= 0.6 is 11.8 Å². The third-order valence-electron chi connectivity index (χ3n) is 15.7. The van der Waals surface area contributed by atoms with Gasteiger partial charge in [0.05, 0.1) is 178 Å². The number of carbonyl (C=O) groups is 6. The molecule has 0 aliphatic rings. The number of carbonyl (C=O) groups excluding carboxylic acids is 5. The molecule has 0 rings (SSSR count). The first-order valence-electron chi connectivity index (χ1n) is 37.8. The topological polar surface area (TPSA) is 310 Å². The molecule has 3 atom stereocenters. The van der Waals surface area contributed by atoms with Crippen LogP contribution in [0.1, 0.15) is 232 Å². The smallest absolute Gasteiger partial charge is 0.306 e. The Morgan fingerprint density at radius 2 is 0.684 bits per heavy atom. The highest BCUT2D eigenvalue weighted by Gasteiger charge is 2.24. The first kappa shape index (κ1) is 95.0. The summed E-state index contributed by atoms with van der Waals surface area (Å²) in [6, 6.07) is -2.09. The number of amides is 1. The summed E-state index contributed by atoms with van der Waals surface area (Å²) in [6.07, 6.45) is 32.8. The second kappa shape index (κ2) is 78.2. The van der Waals surface area contributed by atoms with E-state index in [1.54, 1.807) is 0 Å². The zero-order chi connectivity index (χ0) is 71.4. The molecule has 0 radical (unpaired) electrons. The molecule has 5 N–H and O–H groups in total. The number of rotatable bonds is 83. The Balaban J connectivity index is 4.05. The molecule has 0 aromatic heterocycles. The first-order chi connectivity index (χ1) is 48.0. The molecule has 0 saturated heterocycles. The minimum absolute atomic E-state index is 0.0246. The van der Waals surface area contributed by atoms with Gasteiger partial charge in [-0.3, -0.25) is 28.8 Å². The lowest BCUT2D eigenvalue weighted by molar-refractivity contribution is -0.150. The van der Waals surface area contributed by atoms with Crippen molar-refractivity contribution >= 4 is 47.1 Å². The fraction of sp³-hybridized carbons (Fsp3) is 0.918. The molecule has 98 heavy (non-hydrogen) atoms. The molecular formula is C73H138N2O22S. The zero-order valence-electron chi connectivity index (χ0n) is 61.1. The Bertz CT molecular complexity index is 1780. The minimum atomic E-state index is -1.10. The largest absolute Gasteiger partial charge is 0.481 e. The molecule has 25 heteroatoms. The number of hydrogen-bond donors (Lipinski definition) is 4. The average Bonchev–Trinajstić information content (AvgIpc) is 1.18. The molecule has 0 aliphatic carbocycles. The molecule has 0 spiro atoms. The SMILES string of the molecule is CCCCCCCCCCCCCCCC(=O)OCC[C@H](CSC[C@H](N)C(=O)N[C@@H](CO)C(=O)CCCOCCOCCOCCOCCOCCOCCOCCOCCOCCOCCOCCOCCC(=O)CCC(=O)O)OC(=O)CCCCCCCCCCCCCCC. The molecule has 0 saturated carbocycles. The number of esters is 2. The van der Waals surface area contributed by atoms with E-state index in [1.165, 1.54) is 140 Å². The van der Waals surface area contributed by atoms with Crippen LogP contribution in [0.2, 0.25) is 0 Å². The molecule has 0 fully saturated rings. The van der Waals surface area contributed by atoms with Crippen LogP contribution in [0.25, 0.3) is 0 Å². The quantitative estimate of drug-likeness (QED) is 0.0325. The number of carboxylic acids is 1. The Hall–Kier alpha value is -2.99. The predicted molar refractivity (Wildman–Crippen MR) is 381 cm³/mol. The summed E-state index contributed by atoms with van der Waals surface area (Å²) in [5.41, 5.74) is 6.26. The van der Waals surface area contributed by atoms with Crippen LogP contribution in [0.5, 0.6) is 0 Å². The van der Waals surface area contributed by atoms with Crippen molar-refractivity contribution in [3.8, 4) is 0 Å². The van der Waals surface area contributed by atoms with Crippen LogP contribution in [0, 0.1) is 0 Å². The Labute approximate surface area is 594 Å². The van der Waals surface area contributed by atoms with E-state index in [0.717, 1.165) is 38.5 Å². The fourth-order valence-corrected chi connectivity index (χ4v) is 10.9. The van der Waals surface area contributed by atoms with E-state index in [0.29, 0.717) is 183 Å². The number of ketones is 2. The van der Waals surface area contributed by atoms with Crippen molar-refractivity contribution < 1.29 is 105 Å². The Kier molecular flexibility index (Phi) is 75.8. The number of carboxylic acid groups (broad SMARTS) is 1. The summed E-state index contributed by atoms with van der Waals surface area (Å²) in [5, 5.41) is 21.2. The number of nitrogens with two attached hydrogens (primary N) is 1. The molecule has 24 nitrogen and oxygen atoms in total. The molecule has 0 bridgehead atoms. The van der Waals surface area contributed by atoms with Crippen molar-refractivity contribution in [1.82, 2.24) is 5.32 Å². The molecule has 0 aromatic rings. The summed E-state index contributed by atoms with van der Waals surface area (Å²) in [7, 11) is 0. The number of thioether (sulfide) groups is 1. The van der Waals surface area contributed by atoms with E-state index in [9.17, 15) is 33.9 Å². The van der Waals surface area contributed by atoms with Crippen molar-refractivity contribution in [2.24, 2.45) is 5.73 Å². The van der Waals surface area contributed by atoms with Crippen LogP contribution in [0.15, 0.2) is 0 Å². The van der Waals surface area contributed by atoms with Gasteiger partial charge in [-0.25, -0.2) is 0 Å². The molecule has 0 aromatic carbocycles. The average molecular weight is 1430 g/mol. The maximum Gasteiger partial charge on any atom is 0.306 e. The predicted octanol–water partition coefficient (Wildman–Crippen LogP) is 10.7. The maximum absolute atomic E-state index is 13.1. The van der Waals surface area contributed by atoms with Crippen LogP contribution < -0.4 is 11.1 Å². The van der Waals surface area contributed by atoms with Gasteiger partial charge in [-0.2, -0.15) is 11.8 Å². The summed E-state index contributed by atoms with van der Waals surface area (Å²) in [6.45, 7) is 13.8. The van der Waals surface area contributed by atoms with Gasteiger partial charge in [0.25, 0.3) is 0 Å². The van der Waals surface area contributed by atoms with Gasteiger partial charge in [-0.05, 0) is 19.3 Å². The van der Waals surface area contributed by atoms with Gasteiger partial charge in [0.15, 0.2) is 5.78 Å². The summed E-state index contributed by atoms with van der Waals surface area (Å²) in [5.74, 6) is -2.01. The Morgan fingerprint density at radius 3 is 1.03 bits per heavy atom. The first-order valence-corrected chi connectivity index (χ1v) is 39.0. The van der Waals surface area contributed by atoms with Crippen LogP contribution in [-0.2, 0) is 95.1 Å². The summed E-state index contributed by atoms with van der Waals surface area (Å²) >= 11 is 1.35. The lowest BCUT2D eigenvalue weighted by atomic mass is 10.0. The van der Waals surface area contributed by atoms with E-state index in [1.807, 2.05) is 0 Å². The van der Waals surface area contributed by atoms with Gasteiger partial charge in [0, 0.05) is 56.6 Å². The van der Waals surface area contributed by atoms with Gasteiger partial charge in [-0.1, -0.05) is 168 Å². The number of ether oxygens (including phenoxy) is 14. The normalized spacial score (nSPS) is 12.4. The third kappa shape index (κ3) is 72.8. The second-order valence-corrected chi connectivity index (χ2v) is 25.7. The third-order valence-corrected chi connectivity index (χ3v) is 16.9. The number of Topliss-reactive ketones (excluding diaryl/α,β-unsaturated/α-hetero) is 2. The van der Waals surface area contributed by atoms with E-state index in [4.69, 9.17) is 77.2 Å². The van der Waals surface area contributed by atoms with Crippen molar-refractivity contribution in [2.75, 3.05) is 183 Å². The highest BCUT2D eigenvalue weighted by Crippen LogP contribution is 2.17. The van der Waals surface area contributed by atoms with Gasteiger partial charge in [0.2, 0.25) is 5.91 Å². The highest BCUT2D eigenvalue weighted by atomic mass is 32.2. The number of aliphatic hydroxyl groups excluding tert-OH is 1. The Morgan fingerprint density at radius 1 is 0.357 bits per heavy atom. The lowest BCUT2D eigenvalue weighted by Crippen LogP contribution is -2.51. The van der Waals surface area contributed by atoms with Gasteiger partial charge in [0.1, 0.15) is 17.9 Å². The lowest BCUT2D eigenvalue weighted by Gasteiger charge is -2.20. The van der Waals surface area contributed by atoms with Crippen LogP contribution in [0.4, 0.5) is 0 Å². The minimum Gasteiger partial charge on any atom is -0.481 e. The van der Waals surface area contributed by atoms with E-state index >= 15 is 0 Å². The van der Waals surface area contributed by atoms with Gasteiger partial charge < -0.3 is 87.6 Å². The van der Waals surface area contributed by atoms with Crippen molar-refractivity contribution in [3.05, 3.63) is 0 Å². The second-order valence-electron chi connectivity index (χ2n) is 24.6. The van der Waals surface area contributed by atoms with Gasteiger partial charge in [-0.15, -0.1) is 0 Å². The maximum atomic E-state index is 13.1. The molecule has 578 valence electrons. The fourth-order valence-electron chi connectivity index (χ4n) is 9.88. The van der Waals surface area contributed by atoms with E-state index in [2.05, 4.69) is 19.2 Å².